The first-order valence-corrected chi connectivity index (χ1v) is 77.8. The molecule has 0 aromatic rings. The van der Waals surface area contributed by atoms with E-state index in [0.717, 1.165) is 11.5 Å². The molecule has 0 aromatic carbocycles. The number of rotatable bonds is 33. The molecule has 10 nitrogen and oxygen atoms in total. The van der Waals surface area contributed by atoms with Crippen molar-refractivity contribution in [3.8, 4) is 0 Å². The molecule has 0 amide bonds. The summed E-state index contributed by atoms with van der Waals surface area (Å²) in [6, 6.07) is 12.8. The Morgan fingerprint density at radius 2 is 0.462 bits per heavy atom. The summed E-state index contributed by atoms with van der Waals surface area (Å²) in [5, 5.41) is 0. The van der Waals surface area contributed by atoms with Crippen molar-refractivity contribution in [2.24, 2.45) is 5.92 Å². The van der Waals surface area contributed by atoms with Gasteiger partial charge in [-0.15, -0.1) is 0 Å². The molecule has 0 saturated heterocycles. The van der Waals surface area contributed by atoms with Crippen LogP contribution < -0.4 is 0 Å². The fraction of sp³-hybridized carbons (Fsp3) is 1.00. The Morgan fingerprint density at radius 1 is 0.218 bits per heavy atom. The standard InChI is InChI=1S/2C13H30OSi.4C10H24OSi.2C9H22OSi.C8H20OSi.C7H18OSi/c1-10(2)15(11(3)4,12(5)6)14-13(7,8)9;1-7-10-15(11-8-2,12-9-3)14-13(4,5)6;1-9(2)8-12(6,7)11-10(3,4)5;1-8-9(2)12(6,7)11-10(3,4)5;1-7-8-9-12(5,6)11-10(2,3)4;1-7-12(8-2,9-3)11-10(4,5)6;1-8(2)11(6,7)10-9(3,4)5;1-7-8-11(5,6)10-9(2,3)4;1-7-10(5,6)9-8(2,3)4;1-7(2,3)8-9(4,5)6/h10-12H,1-9H3;7-12H2,1-6H3;2*9H,8H2,1-7H3;2*7-9H2,1-6H3;8H,1-7H3;7-8H2,1-6H3;7H2,1-6H3;1-6H3. The Balaban J connectivity index is -0.000000139. The van der Waals surface area contributed by atoms with E-state index in [1.807, 2.05) is 0 Å². The quantitative estimate of drug-likeness (QED) is 0.0592. The van der Waals surface area contributed by atoms with Crippen molar-refractivity contribution >= 4 is 83.2 Å². The first-order valence-electron chi connectivity index (χ1n) is 48.8. The summed E-state index contributed by atoms with van der Waals surface area (Å²) < 4.78 is 61.2. The van der Waals surface area contributed by atoms with Crippen molar-refractivity contribution in [1.29, 1.82) is 0 Å². The van der Waals surface area contributed by atoms with Crippen LogP contribution >= 0.6 is 0 Å². The molecule has 734 valence electrons. The van der Waals surface area contributed by atoms with Crippen molar-refractivity contribution in [2.45, 2.75) is 640 Å². The fourth-order valence-corrected chi connectivity index (χ4v) is 47.9. The highest BCUT2D eigenvalue weighted by Gasteiger charge is 2.48. The number of unbranched alkanes of at least 4 members (excludes halogenated alkanes) is 1. The zero-order valence-corrected chi connectivity index (χ0v) is 106. The Hall–Kier alpha value is 1.77. The average molecular weight is 1870 g/mol. The summed E-state index contributed by atoms with van der Waals surface area (Å²) >= 11 is 0. The lowest BCUT2D eigenvalue weighted by molar-refractivity contribution is 0.106. The van der Waals surface area contributed by atoms with Gasteiger partial charge in [0.25, 0.3) is 0 Å². The smallest absolute Gasteiger partial charge is 0.201 e. The van der Waals surface area contributed by atoms with Crippen molar-refractivity contribution in [1.82, 2.24) is 0 Å². The molecule has 0 bridgehead atoms. The summed E-state index contributed by atoms with van der Waals surface area (Å²) in [4.78, 5) is 0. The van der Waals surface area contributed by atoms with Gasteiger partial charge in [0.15, 0.2) is 74.9 Å². The molecule has 1 atom stereocenters. The minimum atomic E-state index is -1.66. The van der Waals surface area contributed by atoms with E-state index >= 15 is 0 Å². The van der Waals surface area contributed by atoms with E-state index in [-0.39, 0.29) is 56.0 Å². The largest absolute Gasteiger partial charge is 0.413 e. The second-order valence-corrected chi connectivity index (χ2v) is 95.3. The van der Waals surface area contributed by atoms with Crippen LogP contribution in [-0.4, -0.2) is 139 Å². The van der Waals surface area contributed by atoms with E-state index in [1.54, 1.807) is 0 Å². The molecule has 0 aliphatic carbocycles. The summed E-state index contributed by atoms with van der Waals surface area (Å²) in [6.07, 6.45) is 8.91. The second kappa shape index (κ2) is 60.7. The third-order valence-electron chi connectivity index (χ3n) is 19.3. The van der Waals surface area contributed by atoms with Gasteiger partial charge in [0.2, 0.25) is 8.32 Å². The monoisotopic (exact) mass is 1870 g/mol. The molecule has 0 N–H and O–H groups in total. The highest BCUT2D eigenvalue weighted by Crippen LogP contribution is 2.45. The van der Waals surface area contributed by atoms with Crippen LogP contribution in [0.25, 0.3) is 0 Å². The topological polar surface area (TPSA) is 92.3 Å². The van der Waals surface area contributed by atoms with E-state index in [0.29, 0.717) is 22.2 Å². The summed E-state index contributed by atoms with van der Waals surface area (Å²) in [6.45, 7) is 146. The second-order valence-electron chi connectivity index (χ2n) is 50.8. The number of hydrogen-bond donors (Lipinski definition) is 0. The predicted molar refractivity (Wildman–Crippen MR) is 576 cm³/mol. The molecule has 0 fully saturated rings. The molecule has 0 radical (unpaired) electrons. The lowest BCUT2D eigenvalue weighted by Gasteiger charge is -2.46. The van der Waals surface area contributed by atoms with E-state index in [2.05, 4.69) is 451 Å². The predicted octanol–water partition coefficient (Wildman–Crippen LogP) is 37.5. The normalized spacial score (nSPS) is 14.0. The summed E-state index contributed by atoms with van der Waals surface area (Å²) in [5.41, 5.74) is 3.84. The van der Waals surface area contributed by atoms with Crippen LogP contribution in [-0.2, 0) is 44.3 Å². The number of hydrogen-bond acceptors (Lipinski definition) is 10. The van der Waals surface area contributed by atoms with Crippen LogP contribution in [0.3, 0.4) is 0 Å². The maximum absolute atomic E-state index is 6.55. The molecular weight excluding hydrogens is 1630 g/mol. The Labute approximate surface area is 768 Å². The van der Waals surface area contributed by atoms with Crippen LogP contribution in [0.5, 0.6) is 0 Å². The zero-order chi connectivity index (χ0) is 98.6. The molecule has 119 heavy (non-hydrogen) atoms. The van der Waals surface area contributed by atoms with Crippen molar-refractivity contribution in [3.05, 3.63) is 0 Å². The summed E-state index contributed by atoms with van der Waals surface area (Å²) in [5.74, 6) is 0.758. The van der Waals surface area contributed by atoms with Gasteiger partial charge < -0.3 is 44.3 Å². The Bertz CT molecular complexity index is 2320. The molecular formula is C99H238O10Si10. The average Bonchev–Trinajstić information content (AvgIpc) is 0.788. The van der Waals surface area contributed by atoms with E-state index in [9.17, 15) is 0 Å². The van der Waals surface area contributed by atoms with Crippen LogP contribution in [0.2, 0.25) is 186 Å². The molecule has 0 aliphatic rings. The molecule has 0 heterocycles. The van der Waals surface area contributed by atoms with Crippen LogP contribution in [0.4, 0.5) is 0 Å². The van der Waals surface area contributed by atoms with Gasteiger partial charge in [-0.3, -0.25) is 0 Å². The van der Waals surface area contributed by atoms with Gasteiger partial charge in [-0.25, -0.2) is 0 Å². The Kier molecular flexibility index (Phi) is 72.1. The van der Waals surface area contributed by atoms with Crippen molar-refractivity contribution in [2.75, 3.05) is 0 Å². The lowest BCUT2D eigenvalue weighted by atomic mass is 10.2. The zero-order valence-electron chi connectivity index (χ0n) is 95.6. The SMILES string of the molecule is CC(C)(C)O[Si](C)(C)C.CC(C)C[Si](C)(C)OC(C)(C)C.CC(C)[Si](C)(C)OC(C)(C)C.CC(C)[Si](OC(C)(C)C)(C(C)C)C(C)C.CCC(C)[Si](C)(C)OC(C)(C)C.CCCC[Si](C)(C)OC(C)(C)C.CCC[Si](C)(C)OC(C)(C)C.CCC[Si](CCC)(CCC)OC(C)(C)C.CC[Si](C)(C)OC(C)(C)C.CC[Si](CC)(CC)OC(C)(C)C. The highest BCUT2D eigenvalue weighted by molar-refractivity contribution is 6.78. The molecule has 0 aliphatic heterocycles. The van der Waals surface area contributed by atoms with Gasteiger partial charge in [0, 0.05) is 56.0 Å². The maximum Gasteiger partial charge on any atom is 0.201 e. The lowest BCUT2D eigenvalue weighted by Crippen LogP contribution is -2.52. The molecule has 0 saturated carbocycles. The van der Waals surface area contributed by atoms with Crippen LogP contribution in [0, 0.1) is 5.92 Å². The van der Waals surface area contributed by atoms with Gasteiger partial charge in [-0.1, -0.05) is 190 Å². The minimum Gasteiger partial charge on any atom is -0.413 e. The third kappa shape index (κ3) is 95.7. The van der Waals surface area contributed by atoms with Crippen LogP contribution in [0.15, 0.2) is 0 Å². The summed E-state index contributed by atoms with van der Waals surface area (Å²) in [7, 11) is -14.0. The first kappa shape index (κ1) is 141. The van der Waals surface area contributed by atoms with Gasteiger partial charge in [0.1, 0.15) is 0 Å². The third-order valence-corrected chi connectivity index (χ3v) is 56.4. The molecule has 0 aromatic heterocycles. The molecule has 0 spiro atoms. The molecule has 0 rings (SSSR count). The molecule has 1 unspecified atom stereocenters. The van der Waals surface area contributed by atoms with Gasteiger partial charge in [-0.2, -0.15) is 0 Å². The van der Waals surface area contributed by atoms with E-state index < -0.39 is 83.2 Å². The van der Waals surface area contributed by atoms with Crippen LogP contribution in [0.1, 0.15) is 398 Å². The highest BCUT2D eigenvalue weighted by atomic mass is 28.4. The van der Waals surface area contributed by atoms with Gasteiger partial charge in [-0.05, 0) is 400 Å². The van der Waals surface area contributed by atoms with E-state index in [4.69, 9.17) is 44.3 Å². The van der Waals surface area contributed by atoms with Crippen molar-refractivity contribution in [3.63, 3.8) is 0 Å². The van der Waals surface area contributed by atoms with Crippen molar-refractivity contribution < 1.29 is 44.3 Å². The van der Waals surface area contributed by atoms with Gasteiger partial charge in [0.05, 0.1) is 0 Å². The van der Waals surface area contributed by atoms with E-state index in [1.165, 1.54) is 105 Å². The molecule has 20 heteroatoms. The van der Waals surface area contributed by atoms with Gasteiger partial charge >= 0.3 is 0 Å². The minimum absolute atomic E-state index is 0.00890. The maximum atomic E-state index is 6.55. The fourth-order valence-electron chi connectivity index (χ4n) is 16.0. The Morgan fingerprint density at radius 3 is 0.622 bits per heavy atom. The first-order chi connectivity index (χ1) is 51.8.